The molecule has 2 aromatic rings. The molecule has 0 bridgehead atoms. The smallest absolute Gasteiger partial charge is 0.241 e. The number of nitrogens with one attached hydrogen (secondary N) is 1. The lowest BCUT2D eigenvalue weighted by molar-refractivity contribution is -0.117. The van der Waals surface area contributed by atoms with Gasteiger partial charge in [-0.2, -0.15) is 5.10 Å². The number of pyridine rings is 1. The predicted molar refractivity (Wildman–Crippen MR) is 63.6 cm³/mol. The lowest BCUT2D eigenvalue weighted by Crippen LogP contribution is -2.32. The van der Waals surface area contributed by atoms with Gasteiger partial charge in [-0.1, -0.05) is 0 Å². The number of carbonyl (C=O) groups is 1. The lowest BCUT2D eigenvalue weighted by Gasteiger charge is -2.07. The van der Waals surface area contributed by atoms with E-state index in [1.165, 1.54) is 0 Å². The van der Waals surface area contributed by atoms with E-state index in [9.17, 15) is 4.79 Å². The van der Waals surface area contributed by atoms with E-state index in [2.05, 4.69) is 15.4 Å². The van der Waals surface area contributed by atoms with Gasteiger partial charge in [-0.05, 0) is 25.1 Å². The Bertz CT molecular complexity index is 489. The van der Waals surface area contributed by atoms with Gasteiger partial charge in [-0.3, -0.25) is 4.79 Å². The van der Waals surface area contributed by atoms with Crippen LogP contribution in [0.25, 0.3) is 5.82 Å². The van der Waals surface area contributed by atoms with Crippen molar-refractivity contribution < 1.29 is 4.79 Å². The Morgan fingerprint density at radius 2 is 2.35 bits per heavy atom. The summed E-state index contributed by atoms with van der Waals surface area (Å²) in [6.07, 6.45) is 5.04. The van der Waals surface area contributed by atoms with E-state index in [0.717, 1.165) is 0 Å². The van der Waals surface area contributed by atoms with Crippen LogP contribution in [0.3, 0.4) is 0 Å². The zero-order chi connectivity index (χ0) is 12.3. The molecule has 0 saturated carbocycles. The molecule has 3 N–H and O–H groups in total. The van der Waals surface area contributed by atoms with Gasteiger partial charge in [0.25, 0.3) is 0 Å². The molecule has 2 aromatic heterocycles. The highest BCUT2D eigenvalue weighted by molar-refractivity contribution is 5.94. The summed E-state index contributed by atoms with van der Waals surface area (Å²) < 4.78 is 1.64. The number of nitrogens with zero attached hydrogens (tertiary/aromatic N) is 3. The standard InChI is InChI=1S/C11H13N5O/c1-8(12)11(17)15-9-3-4-10(13-7-9)16-6-2-5-14-16/h2-8H,12H2,1H3,(H,15,17). The highest BCUT2D eigenvalue weighted by Crippen LogP contribution is 2.08. The Labute approximate surface area is 98.5 Å². The first-order valence-corrected chi connectivity index (χ1v) is 5.19. The molecule has 1 atom stereocenters. The summed E-state index contributed by atoms with van der Waals surface area (Å²) in [6.45, 7) is 1.63. The normalized spacial score (nSPS) is 12.1. The number of amides is 1. The van der Waals surface area contributed by atoms with Crippen LogP contribution in [0.5, 0.6) is 0 Å². The maximum Gasteiger partial charge on any atom is 0.241 e. The molecule has 1 unspecified atom stereocenters. The molecule has 88 valence electrons. The number of anilines is 1. The second kappa shape index (κ2) is 4.75. The van der Waals surface area contributed by atoms with Crippen LogP contribution in [-0.2, 0) is 4.79 Å². The van der Waals surface area contributed by atoms with Crippen molar-refractivity contribution in [1.82, 2.24) is 14.8 Å². The summed E-state index contributed by atoms with van der Waals surface area (Å²) in [5.74, 6) is 0.451. The number of rotatable bonds is 3. The van der Waals surface area contributed by atoms with E-state index in [4.69, 9.17) is 5.73 Å². The largest absolute Gasteiger partial charge is 0.323 e. The zero-order valence-corrected chi connectivity index (χ0v) is 9.37. The summed E-state index contributed by atoms with van der Waals surface area (Å²) >= 11 is 0. The monoisotopic (exact) mass is 231 g/mol. The number of hydrogen-bond donors (Lipinski definition) is 2. The summed E-state index contributed by atoms with van der Waals surface area (Å²) in [4.78, 5) is 15.5. The van der Waals surface area contributed by atoms with Gasteiger partial charge in [-0.15, -0.1) is 0 Å². The molecule has 0 aliphatic carbocycles. The van der Waals surface area contributed by atoms with Crippen LogP contribution in [0.4, 0.5) is 5.69 Å². The average molecular weight is 231 g/mol. The second-order valence-electron chi connectivity index (χ2n) is 3.63. The molecule has 17 heavy (non-hydrogen) atoms. The SMILES string of the molecule is CC(N)C(=O)Nc1ccc(-n2cccn2)nc1. The minimum atomic E-state index is -0.541. The van der Waals surface area contributed by atoms with Gasteiger partial charge >= 0.3 is 0 Å². The Hall–Kier alpha value is -2.21. The second-order valence-corrected chi connectivity index (χ2v) is 3.63. The molecule has 2 heterocycles. The summed E-state index contributed by atoms with van der Waals surface area (Å²) in [5.41, 5.74) is 6.06. The third-order valence-electron chi connectivity index (χ3n) is 2.17. The third-order valence-corrected chi connectivity index (χ3v) is 2.17. The fraction of sp³-hybridized carbons (Fsp3) is 0.182. The fourth-order valence-corrected chi connectivity index (χ4v) is 1.26. The fourth-order valence-electron chi connectivity index (χ4n) is 1.26. The van der Waals surface area contributed by atoms with E-state index >= 15 is 0 Å². The molecule has 0 aromatic carbocycles. The molecule has 0 saturated heterocycles. The molecular formula is C11H13N5O. The van der Waals surface area contributed by atoms with E-state index in [0.29, 0.717) is 11.5 Å². The van der Waals surface area contributed by atoms with Crippen molar-refractivity contribution >= 4 is 11.6 Å². The highest BCUT2D eigenvalue weighted by atomic mass is 16.2. The van der Waals surface area contributed by atoms with Crippen LogP contribution >= 0.6 is 0 Å². The maximum atomic E-state index is 11.3. The number of carbonyl (C=O) groups excluding carboxylic acids is 1. The van der Waals surface area contributed by atoms with Crippen LogP contribution in [0, 0.1) is 0 Å². The number of aromatic nitrogens is 3. The Morgan fingerprint density at radius 3 is 2.88 bits per heavy atom. The first kappa shape index (κ1) is 11.3. The van der Waals surface area contributed by atoms with Crippen molar-refractivity contribution in [3.05, 3.63) is 36.8 Å². The van der Waals surface area contributed by atoms with Gasteiger partial charge in [0.1, 0.15) is 0 Å². The number of hydrogen-bond acceptors (Lipinski definition) is 4. The van der Waals surface area contributed by atoms with Gasteiger partial charge in [0.15, 0.2) is 5.82 Å². The van der Waals surface area contributed by atoms with Crippen molar-refractivity contribution in [3.63, 3.8) is 0 Å². The topological polar surface area (TPSA) is 85.8 Å². The van der Waals surface area contributed by atoms with Crippen LogP contribution in [-0.4, -0.2) is 26.7 Å². The average Bonchev–Trinajstić information content (AvgIpc) is 2.83. The summed E-state index contributed by atoms with van der Waals surface area (Å²) in [6, 6.07) is 4.79. The minimum absolute atomic E-state index is 0.237. The molecule has 2 rings (SSSR count). The van der Waals surface area contributed by atoms with E-state index in [1.54, 1.807) is 42.3 Å². The predicted octanol–water partition coefficient (Wildman–Crippen LogP) is 0.553. The lowest BCUT2D eigenvalue weighted by atomic mass is 10.3. The van der Waals surface area contributed by atoms with Gasteiger partial charge < -0.3 is 11.1 Å². The van der Waals surface area contributed by atoms with Gasteiger partial charge in [0, 0.05) is 12.4 Å². The quantitative estimate of drug-likeness (QED) is 0.807. The summed E-state index contributed by atoms with van der Waals surface area (Å²) in [7, 11) is 0. The van der Waals surface area contributed by atoms with Crippen molar-refractivity contribution in [1.29, 1.82) is 0 Å². The molecule has 0 fully saturated rings. The van der Waals surface area contributed by atoms with Crippen LogP contribution in [0.15, 0.2) is 36.8 Å². The molecule has 0 radical (unpaired) electrons. The Morgan fingerprint density at radius 1 is 1.53 bits per heavy atom. The molecule has 6 nitrogen and oxygen atoms in total. The Kier molecular flexibility index (Phi) is 3.15. The molecule has 6 heteroatoms. The molecule has 0 aliphatic heterocycles. The minimum Gasteiger partial charge on any atom is -0.323 e. The molecule has 0 aliphatic rings. The van der Waals surface area contributed by atoms with E-state index in [1.807, 2.05) is 6.07 Å². The molecule has 1 amide bonds. The van der Waals surface area contributed by atoms with Crippen LogP contribution in [0.2, 0.25) is 0 Å². The zero-order valence-electron chi connectivity index (χ0n) is 9.37. The van der Waals surface area contributed by atoms with Crippen LogP contribution < -0.4 is 11.1 Å². The Balaban J connectivity index is 2.11. The van der Waals surface area contributed by atoms with E-state index < -0.39 is 6.04 Å². The van der Waals surface area contributed by atoms with Crippen molar-refractivity contribution in [2.45, 2.75) is 13.0 Å². The van der Waals surface area contributed by atoms with Crippen LogP contribution in [0.1, 0.15) is 6.92 Å². The first-order valence-electron chi connectivity index (χ1n) is 5.19. The van der Waals surface area contributed by atoms with Gasteiger partial charge in [0.05, 0.1) is 17.9 Å². The van der Waals surface area contributed by atoms with E-state index in [-0.39, 0.29) is 5.91 Å². The first-order chi connectivity index (χ1) is 8.16. The molecule has 0 spiro atoms. The highest BCUT2D eigenvalue weighted by Gasteiger charge is 2.07. The number of nitrogens with two attached hydrogens (primary N) is 1. The van der Waals surface area contributed by atoms with Crippen molar-refractivity contribution in [3.8, 4) is 5.82 Å². The summed E-state index contributed by atoms with van der Waals surface area (Å²) in [5, 5.41) is 6.71. The van der Waals surface area contributed by atoms with Gasteiger partial charge in [-0.25, -0.2) is 9.67 Å². The van der Waals surface area contributed by atoms with Gasteiger partial charge in [0.2, 0.25) is 5.91 Å². The van der Waals surface area contributed by atoms with Crippen molar-refractivity contribution in [2.24, 2.45) is 5.73 Å². The third kappa shape index (κ3) is 2.67. The molecular weight excluding hydrogens is 218 g/mol. The maximum absolute atomic E-state index is 11.3. The van der Waals surface area contributed by atoms with Crippen molar-refractivity contribution in [2.75, 3.05) is 5.32 Å².